The van der Waals surface area contributed by atoms with Crippen LogP contribution in [0.2, 0.25) is 0 Å². The minimum atomic E-state index is -8.66. The molecule has 41 heavy (non-hydrogen) atoms. The third kappa shape index (κ3) is 4.97. The predicted octanol–water partition coefficient (Wildman–Crippen LogP) is 9.10. The standard InChI is InChI=1S/C23H16F17N/c1-12-3-5-13(6-4-12)15(2,14-7-9-41-10-8-14)11-16(24,25)17(26,27)18(28,29)19(30,31)20(32,33)21(34,35)22(36,37)23(38,39)40/h3-10H,11H2,1-2H3. The summed E-state index contributed by atoms with van der Waals surface area (Å²) in [7, 11) is 0. The Bertz CT molecular complexity index is 1200. The van der Waals surface area contributed by atoms with Gasteiger partial charge in [0.1, 0.15) is 0 Å². The van der Waals surface area contributed by atoms with Crippen LogP contribution in [0.1, 0.15) is 30.0 Å². The molecular formula is C23H16F17N. The highest BCUT2D eigenvalue weighted by Gasteiger charge is 2.95. The van der Waals surface area contributed by atoms with Crippen molar-refractivity contribution in [3.63, 3.8) is 0 Å². The van der Waals surface area contributed by atoms with Gasteiger partial charge < -0.3 is 0 Å². The van der Waals surface area contributed by atoms with E-state index in [1.165, 1.54) is 19.1 Å². The predicted molar refractivity (Wildman–Crippen MR) is 107 cm³/mol. The maximum atomic E-state index is 14.9. The largest absolute Gasteiger partial charge is 0.460 e. The molecule has 1 unspecified atom stereocenters. The van der Waals surface area contributed by atoms with Gasteiger partial charge in [0.25, 0.3) is 0 Å². The van der Waals surface area contributed by atoms with Crippen LogP contribution in [0.15, 0.2) is 48.8 Å². The van der Waals surface area contributed by atoms with Crippen LogP contribution in [0.4, 0.5) is 74.6 Å². The Balaban J connectivity index is 2.70. The molecule has 0 spiro atoms. The van der Waals surface area contributed by atoms with Crippen LogP contribution in [-0.2, 0) is 5.41 Å². The summed E-state index contributed by atoms with van der Waals surface area (Å²) < 4.78 is 233. The van der Waals surface area contributed by atoms with E-state index in [4.69, 9.17) is 0 Å². The third-order valence-corrected chi connectivity index (χ3v) is 6.37. The first kappa shape index (κ1) is 34.4. The molecule has 0 saturated heterocycles. The van der Waals surface area contributed by atoms with Crippen molar-refractivity contribution in [3.05, 3.63) is 65.5 Å². The highest BCUT2D eigenvalue weighted by atomic mass is 19.4. The number of nitrogens with zero attached hydrogens (tertiary/aromatic N) is 1. The molecule has 0 radical (unpaired) electrons. The molecule has 1 atom stereocenters. The maximum Gasteiger partial charge on any atom is 0.460 e. The lowest BCUT2D eigenvalue weighted by Gasteiger charge is -2.44. The van der Waals surface area contributed by atoms with Gasteiger partial charge in [-0.1, -0.05) is 36.8 Å². The Morgan fingerprint density at radius 1 is 0.488 bits per heavy atom. The molecule has 0 saturated carbocycles. The second kappa shape index (κ2) is 9.88. The molecule has 0 aliphatic carbocycles. The average molecular weight is 629 g/mol. The number of rotatable bonds is 10. The van der Waals surface area contributed by atoms with Crippen molar-refractivity contribution in [2.24, 2.45) is 0 Å². The number of benzene rings is 1. The van der Waals surface area contributed by atoms with Gasteiger partial charge in [-0.25, -0.2) is 0 Å². The van der Waals surface area contributed by atoms with Gasteiger partial charge in [-0.2, -0.15) is 74.6 Å². The molecule has 0 N–H and O–H groups in total. The molecule has 232 valence electrons. The van der Waals surface area contributed by atoms with E-state index in [1.54, 1.807) is 0 Å². The normalized spacial score (nSPS) is 16.5. The number of alkyl halides is 17. The lowest BCUT2D eigenvalue weighted by atomic mass is 9.71. The topological polar surface area (TPSA) is 12.9 Å². The molecule has 1 aromatic heterocycles. The number of pyridine rings is 1. The Morgan fingerprint density at radius 3 is 1.22 bits per heavy atom. The first-order valence-electron chi connectivity index (χ1n) is 10.8. The van der Waals surface area contributed by atoms with Crippen molar-refractivity contribution in [1.29, 1.82) is 0 Å². The Morgan fingerprint density at radius 2 is 0.829 bits per heavy atom. The summed E-state index contributed by atoms with van der Waals surface area (Å²) in [5, 5.41) is 0. The fourth-order valence-corrected chi connectivity index (χ4v) is 3.76. The molecule has 2 aromatic rings. The van der Waals surface area contributed by atoms with Gasteiger partial charge in [0.15, 0.2) is 0 Å². The minimum absolute atomic E-state index is 0.360. The van der Waals surface area contributed by atoms with Gasteiger partial charge in [0.2, 0.25) is 0 Å². The smallest absolute Gasteiger partial charge is 0.265 e. The van der Waals surface area contributed by atoms with Crippen molar-refractivity contribution in [3.8, 4) is 0 Å². The Hall–Kier alpha value is -2.82. The number of halogens is 17. The molecule has 0 aliphatic heterocycles. The summed E-state index contributed by atoms with van der Waals surface area (Å²) in [4.78, 5) is 3.52. The van der Waals surface area contributed by atoms with E-state index in [2.05, 4.69) is 4.98 Å². The molecule has 0 aliphatic rings. The highest BCUT2D eigenvalue weighted by Crippen LogP contribution is 2.64. The van der Waals surface area contributed by atoms with Crippen LogP contribution >= 0.6 is 0 Å². The summed E-state index contributed by atoms with van der Waals surface area (Å²) in [5.74, 6) is -56.6. The second-order valence-electron chi connectivity index (χ2n) is 9.26. The van der Waals surface area contributed by atoms with Crippen LogP contribution in [-0.4, -0.2) is 52.6 Å². The van der Waals surface area contributed by atoms with Gasteiger partial charge in [-0.3, -0.25) is 4.98 Å². The van der Waals surface area contributed by atoms with Crippen LogP contribution in [0.3, 0.4) is 0 Å². The quantitative estimate of drug-likeness (QED) is 0.239. The van der Waals surface area contributed by atoms with Crippen LogP contribution in [0.25, 0.3) is 0 Å². The van der Waals surface area contributed by atoms with E-state index in [1.807, 2.05) is 0 Å². The molecule has 1 nitrogen and oxygen atoms in total. The molecular weight excluding hydrogens is 613 g/mol. The fourth-order valence-electron chi connectivity index (χ4n) is 3.76. The zero-order chi connectivity index (χ0) is 32.3. The van der Waals surface area contributed by atoms with Crippen LogP contribution < -0.4 is 0 Å². The molecule has 1 heterocycles. The number of hydrogen-bond acceptors (Lipinski definition) is 1. The second-order valence-corrected chi connectivity index (χ2v) is 9.26. The summed E-state index contributed by atoms with van der Waals surface area (Å²) in [6, 6.07) is 6.27. The van der Waals surface area contributed by atoms with Crippen molar-refractivity contribution in [2.45, 2.75) is 73.3 Å². The lowest BCUT2D eigenvalue weighted by Crippen LogP contribution is -2.74. The van der Waals surface area contributed by atoms with Crippen molar-refractivity contribution in [1.82, 2.24) is 4.98 Å². The average Bonchev–Trinajstić information content (AvgIpc) is 2.83. The van der Waals surface area contributed by atoms with Crippen molar-refractivity contribution >= 4 is 0 Å². The van der Waals surface area contributed by atoms with E-state index < -0.39 is 65.0 Å². The SMILES string of the molecule is Cc1ccc(C(C)(CC(F)(F)C(F)(F)C(F)(F)C(F)(F)C(F)(F)C(F)(F)C(F)(F)C(F)(F)F)c2ccncc2)cc1. The summed E-state index contributed by atoms with van der Waals surface area (Å²) in [5.41, 5.74) is -2.86. The number of hydrogen-bond donors (Lipinski definition) is 0. The Labute approximate surface area is 219 Å². The lowest BCUT2D eigenvalue weighted by molar-refractivity contribution is -0.462. The van der Waals surface area contributed by atoms with Gasteiger partial charge >= 0.3 is 47.6 Å². The number of aryl methyl sites for hydroxylation is 1. The van der Waals surface area contributed by atoms with E-state index in [0.717, 1.165) is 36.7 Å². The van der Waals surface area contributed by atoms with E-state index in [-0.39, 0.29) is 5.56 Å². The van der Waals surface area contributed by atoms with Crippen LogP contribution in [0.5, 0.6) is 0 Å². The van der Waals surface area contributed by atoms with E-state index in [0.29, 0.717) is 12.5 Å². The molecule has 0 fully saturated rings. The van der Waals surface area contributed by atoms with Gasteiger partial charge in [-0.05, 0) is 30.2 Å². The zero-order valence-electron chi connectivity index (χ0n) is 20.2. The maximum absolute atomic E-state index is 14.9. The monoisotopic (exact) mass is 629 g/mol. The van der Waals surface area contributed by atoms with Gasteiger partial charge in [0, 0.05) is 24.2 Å². The fraction of sp³-hybridized carbons (Fsp3) is 0.522. The molecule has 18 heteroatoms. The third-order valence-electron chi connectivity index (χ3n) is 6.37. The van der Waals surface area contributed by atoms with Crippen molar-refractivity contribution in [2.75, 3.05) is 0 Å². The van der Waals surface area contributed by atoms with Gasteiger partial charge in [-0.15, -0.1) is 0 Å². The van der Waals surface area contributed by atoms with E-state index in [9.17, 15) is 74.6 Å². The first-order valence-corrected chi connectivity index (χ1v) is 10.8. The van der Waals surface area contributed by atoms with E-state index >= 15 is 0 Å². The molecule has 2 rings (SSSR count). The molecule has 1 aromatic carbocycles. The summed E-state index contributed by atoms with van der Waals surface area (Å²) >= 11 is 0. The molecule has 0 bridgehead atoms. The van der Waals surface area contributed by atoms with Crippen LogP contribution in [0, 0.1) is 6.92 Å². The first-order chi connectivity index (χ1) is 18.1. The molecule has 0 amide bonds. The zero-order valence-corrected chi connectivity index (χ0v) is 20.2. The number of aromatic nitrogens is 1. The summed E-state index contributed by atoms with van der Waals surface area (Å²) in [6.45, 7) is 2.18. The highest BCUT2D eigenvalue weighted by molar-refractivity contribution is 5.39. The van der Waals surface area contributed by atoms with Gasteiger partial charge in [0.05, 0.1) is 0 Å². The van der Waals surface area contributed by atoms with Crippen molar-refractivity contribution < 1.29 is 74.6 Å². The minimum Gasteiger partial charge on any atom is -0.265 e. The Kier molecular flexibility index (Phi) is 8.29. The summed E-state index contributed by atoms with van der Waals surface area (Å²) in [6.07, 6.45) is -8.60.